The summed E-state index contributed by atoms with van der Waals surface area (Å²) in [5.41, 5.74) is 1.81. The van der Waals surface area contributed by atoms with Gasteiger partial charge in [-0.25, -0.2) is 0 Å². The number of carbonyl (C=O) groups excluding carboxylic acids is 1. The van der Waals surface area contributed by atoms with E-state index in [4.69, 9.17) is 0 Å². The summed E-state index contributed by atoms with van der Waals surface area (Å²) in [7, 11) is 1.92. The van der Waals surface area contributed by atoms with Gasteiger partial charge < -0.3 is 5.32 Å². The molecule has 3 rings (SSSR count). The van der Waals surface area contributed by atoms with Crippen molar-refractivity contribution in [3.05, 3.63) is 36.8 Å². The highest BCUT2D eigenvalue weighted by Gasteiger charge is 2.23. The monoisotopic (exact) mass is 409 g/mol. The third-order valence-electron chi connectivity index (χ3n) is 3.75. The van der Waals surface area contributed by atoms with Crippen LogP contribution in [0.15, 0.2) is 15.9 Å². The first-order valence-corrected chi connectivity index (χ1v) is 9.76. The molecule has 0 saturated carbocycles. The minimum Gasteiger partial charge on any atom is -0.315 e. The van der Waals surface area contributed by atoms with Crippen LogP contribution in [0.4, 0.5) is 5.00 Å². The number of hydrogen-bond donors (Lipinski definition) is 1. The Hall–Kier alpha value is -1.20. The first-order chi connectivity index (χ1) is 11.1. The zero-order valence-corrected chi connectivity index (χ0v) is 15.9. The summed E-state index contributed by atoms with van der Waals surface area (Å²) in [5, 5.41) is 13.0. The highest BCUT2D eigenvalue weighted by Crippen LogP contribution is 2.38. The second-order valence-electron chi connectivity index (χ2n) is 5.60. The number of halogens is 1. The van der Waals surface area contributed by atoms with E-state index in [9.17, 15) is 10.1 Å². The Balaban J connectivity index is 1.60. The molecule has 2 aromatic rings. The molecule has 1 amide bonds. The molecule has 0 aromatic carbocycles. The molecule has 2 aromatic heterocycles. The molecule has 4 nitrogen and oxygen atoms in total. The summed E-state index contributed by atoms with van der Waals surface area (Å²) in [4.78, 5) is 16.7. The van der Waals surface area contributed by atoms with Crippen LogP contribution in [-0.2, 0) is 24.2 Å². The molecule has 0 radical (unpaired) electrons. The smallest absolute Gasteiger partial charge is 0.239 e. The molecule has 0 spiro atoms. The van der Waals surface area contributed by atoms with Gasteiger partial charge in [0.2, 0.25) is 5.91 Å². The summed E-state index contributed by atoms with van der Waals surface area (Å²) in [6, 6.07) is 6.33. The second kappa shape index (κ2) is 7.14. The molecular formula is C16H16BrN3OS2. The van der Waals surface area contributed by atoms with E-state index in [0.717, 1.165) is 40.2 Å². The van der Waals surface area contributed by atoms with Crippen LogP contribution < -0.4 is 5.32 Å². The van der Waals surface area contributed by atoms with Crippen molar-refractivity contribution in [1.82, 2.24) is 4.90 Å². The van der Waals surface area contributed by atoms with Crippen molar-refractivity contribution >= 4 is 49.5 Å². The van der Waals surface area contributed by atoms with Crippen molar-refractivity contribution in [2.75, 3.05) is 18.9 Å². The van der Waals surface area contributed by atoms with Crippen molar-refractivity contribution < 1.29 is 4.79 Å². The van der Waals surface area contributed by atoms with Gasteiger partial charge in [-0.2, -0.15) is 5.26 Å². The van der Waals surface area contributed by atoms with Crippen molar-refractivity contribution in [1.29, 1.82) is 5.26 Å². The Morgan fingerprint density at radius 1 is 1.43 bits per heavy atom. The summed E-state index contributed by atoms with van der Waals surface area (Å²) in [5.74, 6) is -0.0699. The molecule has 1 aliphatic rings. The number of thiophene rings is 2. The topological polar surface area (TPSA) is 56.1 Å². The van der Waals surface area contributed by atoms with E-state index in [1.165, 1.54) is 9.75 Å². The average molecular weight is 410 g/mol. The number of anilines is 1. The quantitative estimate of drug-likeness (QED) is 0.811. The number of amides is 1. The maximum absolute atomic E-state index is 12.3. The van der Waals surface area contributed by atoms with Crippen LogP contribution in [0.2, 0.25) is 0 Å². The Kier molecular flexibility index (Phi) is 5.17. The van der Waals surface area contributed by atoms with Crippen molar-refractivity contribution in [2.45, 2.75) is 25.8 Å². The summed E-state index contributed by atoms with van der Waals surface area (Å²) in [6.07, 6.45) is 3.10. The van der Waals surface area contributed by atoms with Gasteiger partial charge in [-0.1, -0.05) is 0 Å². The predicted molar refractivity (Wildman–Crippen MR) is 98.0 cm³/mol. The SMILES string of the molecule is CN(CC(=O)Nc1sc2c(c1C#N)CCC2)Cc1ccc(Br)s1. The van der Waals surface area contributed by atoms with Crippen LogP contribution >= 0.6 is 38.6 Å². The first-order valence-electron chi connectivity index (χ1n) is 7.34. The molecule has 0 fully saturated rings. The zero-order chi connectivity index (χ0) is 16.4. The van der Waals surface area contributed by atoms with Gasteiger partial charge in [0, 0.05) is 16.3 Å². The second-order valence-corrected chi connectivity index (χ2v) is 9.25. The molecule has 0 bridgehead atoms. The van der Waals surface area contributed by atoms with Crippen LogP contribution in [0.5, 0.6) is 0 Å². The Morgan fingerprint density at radius 2 is 2.26 bits per heavy atom. The summed E-state index contributed by atoms with van der Waals surface area (Å²) in [6.45, 7) is 1.04. The van der Waals surface area contributed by atoms with Gasteiger partial charge >= 0.3 is 0 Å². The van der Waals surface area contributed by atoms with E-state index in [-0.39, 0.29) is 5.91 Å². The summed E-state index contributed by atoms with van der Waals surface area (Å²) >= 11 is 6.68. The molecule has 0 unspecified atom stereocenters. The predicted octanol–water partition coefficient (Wildman–Crippen LogP) is 4.00. The molecule has 23 heavy (non-hydrogen) atoms. The van der Waals surface area contributed by atoms with Crippen molar-refractivity contribution in [3.63, 3.8) is 0 Å². The molecule has 1 N–H and O–H groups in total. The van der Waals surface area contributed by atoms with Crippen LogP contribution in [0.1, 0.15) is 27.3 Å². The highest BCUT2D eigenvalue weighted by atomic mass is 79.9. The Bertz CT molecular complexity index is 775. The number of hydrogen-bond acceptors (Lipinski definition) is 5. The van der Waals surface area contributed by atoms with Gasteiger partial charge in [-0.05, 0) is 59.9 Å². The largest absolute Gasteiger partial charge is 0.315 e. The lowest BCUT2D eigenvalue weighted by Crippen LogP contribution is -2.29. The van der Waals surface area contributed by atoms with Crippen LogP contribution in [0, 0.1) is 11.3 Å². The Labute approximate surface area is 151 Å². The molecule has 120 valence electrons. The zero-order valence-electron chi connectivity index (χ0n) is 12.7. The fraction of sp³-hybridized carbons (Fsp3) is 0.375. The normalized spacial score (nSPS) is 13.1. The van der Waals surface area contributed by atoms with Gasteiger partial charge in [-0.15, -0.1) is 22.7 Å². The van der Waals surface area contributed by atoms with E-state index in [2.05, 4.69) is 33.4 Å². The fourth-order valence-electron chi connectivity index (χ4n) is 2.78. The van der Waals surface area contributed by atoms with E-state index in [1.807, 2.05) is 18.0 Å². The highest BCUT2D eigenvalue weighted by molar-refractivity contribution is 9.11. The molecule has 0 atom stereocenters. The van der Waals surface area contributed by atoms with Crippen molar-refractivity contribution in [2.24, 2.45) is 0 Å². The Morgan fingerprint density at radius 3 is 2.96 bits per heavy atom. The number of carbonyl (C=O) groups is 1. The van der Waals surface area contributed by atoms with E-state index < -0.39 is 0 Å². The average Bonchev–Trinajstić information content (AvgIpc) is 3.15. The minimum absolute atomic E-state index is 0.0699. The first kappa shape index (κ1) is 16.7. The molecular weight excluding hydrogens is 394 g/mol. The number of aryl methyl sites for hydroxylation is 1. The summed E-state index contributed by atoms with van der Waals surface area (Å²) < 4.78 is 1.09. The van der Waals surface area contributed by atoms with Gasteiger partial charge in [-0.3, -0.25) is 9.69 Å². The third-order valence-corrected chi connectivity index (χ3v) is 6.57. The lowest BCUT2D eigenvalue weighted by Gasteiger charge is -2.15. The molecule has 0 aliphatic heterocycles. The van der Waals surface area contributed by atoms with Gasteiger partial charge in [0.1, 0.15) is 11.1 Å². The van der Waals surface area contributed by atoms with Crippen LogP contribution in [0.3, 0.4) is 0 Å². The number of nitrogens with zero attached hydrogens (tertiary/aromatic N) is 2. The maximum atomic E-state index is 12.3. The number of fused-ring (bicyclic) bond motifs is 1. The van der Waals surface area contributed by atoms with E-state index >= 15 is 0 Å². The van der Waals surface area contributed by atoms with Crippen molar-refractivity contribution in [3.8, 4) is 6.07 Å². The number of rotatable bonds is 5. The van der Waals surface area contributed by atoms with Crippen LogP contribution in [0.25, 0.3) is 0 Å². The standard InChI is InChI=1S/C16H16BrN3OS2/c1-20(8-10-5-6-14(17)22-10)9-15(21)19-16-12(7-18)11-3-2-4-13(11)23-16/h5-6H,2-4,8-9H2,1H3,(H,19,21). The molecule has 1 aliphatic carbocycles. The lowest BCUT2D eigenvalue weighted by molar-refractivity contribution is -0.117. The molecule has 2 heterocycles. The number of nitrogens with one attached hydrogen (secondary N) is 1. The van der Waals surface area contributed by atoms with E-state index in [1.54, 1.807) is 22.7 Å². The number of nitriles is 1. The maximum Gasteiger partial charge on any atom is 0.239 e. The fourth-order valence-corrected chi connectivity index (χ4v) is 5.60. The minimum atomic E-state index is -0.0699. The van der Waals surface area contributed by atoms with Gasteiger partial charge in [0.05, 0.1) is 15.9 Å². The third kappa shape index (κ3) is 3.83. The van der Waals surface area contributed by atoms with Gasteiger partial charge in [0.25, 0.3) is 0 Å². The van der Waals surface area contributed by atoms with Crippen LogP contribution in [-0.4, -0.2) is 24.4 Å². The number of likely N-dealkylation sites (N-methyl/N-ethyl adjacent to an activating group) is 1. The molecule has 0 saturated heterocycles. The molecule has 7 heteroatoms. The van der Waals surface area contributed by atoms with E-state index in [0.29, 0.717) is 12.1 Å². The van der Waals surface area contributed by atoms with Gasteiger partial charge in [0.15, 0.2) is 0 Å². The lowest BCUT2D eigenvalue weighted by atomic mass is 10.1.